The number of carbonyl (C=O) groups is 1. The van der Waals surface area contributed by atoms with Crippen LogP contribution >= 0.6 is 0 Å². The summed E-state index contributed by atoms with van der Waals surface area (Å²) in [5.41, 5.74) is 4.39. The molecule has 2 N–H and O–H groups in total. The normalized spacial score (nSPS) is 20.7. The molecule has 2 aromatic rings. The SMILES string of the molecule is COc1ccc(OC)c(C2NOC(c3ccccc3)C(=O)N2)c1. The molecule has 1 amide bonds. The van der Waals surface area contributed by atoms with Crippen LogP contribution in [0.2, 0.25) is 0 Å². The second kappa shape index (κ2) is 6.68. The van der Waals surface area contributed by atoms with Crippen LogP contribution in [0.3, 0.4) is 0 Å². The molecular formula is C17H18N2O4. The molecule has 6 heteroatoms. The van der Waals surface area contributed by atoms with Crippen LogP contribution in [0.1, 0.15) is 23.4 Å². The van der Waals surface area contributed by atoms with Crippen molar-refractivity contribution in [2.75, 3.05) is 14.2 Å². The van der Waals surface area contributed by atoms with Crippen molar-refractivity contribution in [3.05, 3.63) is 59.7 Å². The molecule has 1 aliphatic rings. The third-order valence-electron chi connectivity index (χ3n) is 3.68. The monoisotopic (exact) mass is 314 g/mol. The van der Waals surface area contributed by atoms with Crippen LogP contribution in [0, 0.1) is 0 Å². The summed E-state index contributed by atoms with van der Waals surface area (Å²) in [6, 6.07) is 14.7. The van der Waals surface area contributed by atoms with E-state index in [1.54, 1.807) is 32.4 Å². The lowest BCUT2D eigenvalue weighted by molar-refractivity contribution is -0.155. The number of benzene rings is 2. The summed E-state index contributed by atoms with van der Waals surface area (Å²) in [7, 11) is 3.16. The number of amides is 1. The minimum atomic E-state index is -0.691. The number of nitrogens with one attached hydrogen (secondary N) is 2. The molecule has 2 atom stereocenters. The Balaban J connectivity index is 1.81. The molecule has 1 aliphatic heterocycles. The lowest BCUT2D eigenvalue weighted by Gasteiger charge is -2.31. The quantitative estimate of drug-likeness (QED) is 0.904. The predicted octanol–water partition coefficient (Wildman–Crippen LogP) is 2.09. The molecule has 0 saturated carbocycles. The fourth-order valence-electron chi connectivity index (χ4n) is 2.49. The summed E-state index contributed by atoms with van der Waals surface area (Å²) in [5.74, 6) is 1.08. The highest BCUT2D eigenvalue weighted by molar-refractivity contribution is 5.83. The fraction of sp³-hybridized carbons (Fsp3) is 0.235. The van der Waals surface area contributed by atoms with E-state index in [-0.39, 0.29) is 5.91 Å². The third kappa shape index (κ3) is 3.13. The molecular weight excluding hydrogens is 296 g/mol. The van der Waals surface area contributed by atoms with Crippen molar-refractivity contribution in [2.45, 2.75) is 12.3 Å². The molecule has 1 saturated heterocycles. The summed E-state index contributed by atoms with van der Waals surface area (Å²) in [6.07, 6.45) is -1.21. The number of hydrogen-bond acceptors (Lipinski definition) is 5. The van der Waals surface area contributed by atoms with Crippen molar-refractivity contribution in [1.82, 2.24) is 10.8 Å². The zero-order valence-corrected chi connectivity index (χ0v) is 12.9. The molecule has 0 bridgehead atoms. The number of methoxy groups -OCH3 is 2. The number of carbonyl (C=O) groups excluding carboxylic acids is 1. The van der Waals surface area contributed by atoms with Gasteiger partial charge in [0.1, 0.15) is 17.7 Å². The van der Waals surface area contributed by atoms with Crippen molar-refractivity contribution >= 4 is 5.91 Å². The van der Waals surface area contributed by atoms with Gasteiger partial charge in [-0.15, -0.1) is 0 Å². The molecule has 6 nitrogen and oxygen atoms in total. The third-order valence-corrected chi connectivity index (χ3v) is 3.68. The zero-order chi connectivity index (χ0) is 16.2. The van der Waals surface area contributed by atoms with Crippen LogP contribution < -0.4 is 20.3 Å². The van der Waals surface area contributed by atoms with Crippen molar-refractivity contribution in [3.8, 4) is 11.5 Å². The highest BCUT2D eigenvalue weighted by Crippen LogP contribution is 2.31. The maximum absolute atomic E-state index is 12.4. The maximum Gasteiger partial charge on any atom is 0.257 e. The van der Waals surface area contributed by atoms with E-state index in [9.17, 15) is 4.79 Å². The highest BCUT2D eigenvalue weighted by Gasteiger charge is 2.32. The van der Waals surface area contributed by atoms with Gasteiger partial charge in [-0.3, -0.25) is 9.63 Å². The number of hydroxylamine groups is 1. The van der Waals surface area contributed by atoms with Gasteiger partial charge in [0.25, 0.3) is 5.91 Å². The average Bonchev–Trinajstić information content (AvgIpc) is 2.61. The number of ether oxygens (including phenoxy) is 2. The molecule has 23 heavy (non-hydrogen) atoms. The minimum absolute atomic E-state index is 0.218. The Kier molecular flexibility index (Phi) is 4.45. The van der Waals surface area contributed by atoms with E-state index in [4.69, 9.17) is 14.3 Å². The van der Waals surface area contributed by atoms with E-state index >= 15 is 0 Å². The number of hydrogen-bond donors (Lipinski definition) is 2. The molecule has 0 spiro atoms. The lowest BCUT2D eigenvalue weighted by Crippen LogP contribution is -2.48. The van der Waals surface area contributed by atoms with E-state index in [0.717, 1.165) is 11.1 Å². The van der Waals surface area contributed by atoms with Gasteiger partial charge in [-0.25, -0.2) is 0 Å². The van der Waals surface area contributed by atoms with Gasteiger partial charge in [-0.1, -0.05) is 30.3 Å². The smallest absolute Gasteiger partial charge is 0.257 e. The Morgan fingerprint density at radius 3 is 2.48 bits per heavy atom. The molecule has 120 valence electrons. The Labute approximate surface area is 134 Å². The van der Waals surface area contributed by atoms with Crippen LogP contribution in [-0.2, 0) is 9.63 Å². The first-order valence-corrected chi connectivity index (χ1v) is 7.21. The van der Waals surface area contributed by atoms with Crippen LogP contribution in [-0.4, -0.2) is 20.1 Å². The topological polar surface area (TPSA) is 68.8 Å². The first-order chi connectivity index (χ1) is 11.2. The van der Waals surface area contributed by atoms with E-state index in [2.05, 4.69) is 10.8 Å². The summed E-state index contributed by atoms with van der Waals surface area (Å²) in [5, 5.41) is 2.90. The molecule has 0 radical (unpaired) electrons. The van der Waals surface area contributed by atoms with Crippen LogP contribution in [0.15, 0.2) is 48.5 Å². The second-order valence-corrected chi connectivity index (χ2v) is 5.08. The van der Waals surface area contributed by atoms with Crippen molar-refractivity contribution in [1.29, 1.82) is 0 Å². The van der Waals surface area contributed by atoms with Gasteiger partial charge < -0.3 is 14.8 Å². The standard InChI is InChI=1S/C17H18N2O4/c1-21-12-8-9-14(22-2)13(10-12)16-18-17(20)15(23-19-16)11-6-4-3-5-7-11/h3-10,15-16,19H,1-2H3,(H,18,20). The van der Waals surface area contributed by atoms with E-state index in [1.807, 2.05) is 30.3 Å². The average molecular weight is 314 g/mol. The van der Waals surface area contributed by atoms with Crippen LogP contribution in [0.5, 0.6) is 11.5 Å². The number of rotatable bonds is 4. The maximum atomic E-state index is 12.4. The van der Waals surface area contributed by atoms with Gasteiger partial charge in [0.2, 0.25) is 0 Å². The minimum Gasteiger partial charge on any atom is -0.497 e. The molecule has 1 heterocycles. The lowest BCUT2D eigenvalue weighted by atomic mass is 10.1. The molecule has 2 aromatic carbocycles. The molecule has 1 fully saturated rings. The van der Waals surface area contributed by atoms with E-state index in [0.29, 0.717) is 11.5 Å². The second-order valence-electron chi connectivity index (χ2n) is 5.08. The first-order valence-electron chi connectivity index (χ1n) is 7.21. The van der Waals surface area contributed by atoms with Crippen molar-refractivity contribution in [3.63, 3.8) is 0 Å². The van der Waals surface area contributed by atoms with Gasteiger partial charge in [0.15, 0.2) is 6.10 Å². The molecule has 0 aliphatic carbocycles. The Hall–Kier alpha value is -2.57. The molecule has 0 aromatic heterocycles. The van der Waals surface area contributed by atoms with Gasteiger partial charge in [0, 0.05) is 5.56 Å². The predicted molar refractivity (Wildman–Crippen MR) is 83.8 cm³/mol. The van der Waals surface area contributed by atoms with Gasteiger partial charge in [-0.05, 0) is 23.8 Å². The van der Waals surface area contributed by atoms with Crippen LogP contribution in [0.25, 0.3) is 0 Å². The van der Waals surface area contributed by atoms with E-state index in [1.165, 1.54) is 0 Å². The summed E-state index contributed by atoms with van der Waals surface area (Å²) < 4.78 is 10.6. The molecule has 3 rings (SSSR count). The molecule has 2 unspecified atom stereocenters. The Morgan fingerprint density at radius 1 is 1.04 bits per heavy atom. The zero-order valence-electron chi connectivity index (χ0n) is 12.9. The summed E-state index contributed by atoms with van der Waals surface area (Å²) >= 11 is 0. The Morgan fingerprint density at radius 2 is 1.83 bits per heavy atom. The fourth-order valence-corrected chi connectivity index (χ4v) is 2.49. The van der Waals surface area contributed by atoms with E-state index < -0.39 is 12.3 Å². The Bertz CT molecular complexity index is 690. The summed E-state index contributed by atoms with van der Waals surface area (Å²) in [4.78, 5) is 17.9. The van der Waals surface area contributed by atoms with Crippen molar-refractivity contribution < 1.29 is 19.1 Å². The van der Waals surface area contributed by atoms with Gasteiger partial charge in [-0.2, -0.15) is 5.48 Å². The van der Waals surface area contributed by atoms with Gasteiger partial charge >= 0.3 is 0 Å². The van der Waals surface area contributed by atoms with Gasteiger partial charge in [0.05, 0.1) is 14.2 Å². The summed E-state index contributed by atoms with van der Waals surface area (Å²) in [6.45, 7) is 0. The van der Waals surface area contributed by atoms with Crippen molar-refractivity contribution in [2.24, 2.45) is 0 Å². The first kappa shape index (κ1) is 15.3. The highest BCUT2D eigenvalue weighted by atomic mass is 16.7. The van der Waals surface area contributed by atoms with Crippen LogP contribution in [0.4, 0.5) is 0 Å². The largest absolute Gasteiger partial charge is 0.497 e.